The molecule has 0 aliphatic carbocycles. The van der Waals surface area contributed by atoms with Crippen molar-refractivity contribution in [2.45, 2.75) is 5.92 Å². The first-order chi connectivity index (χ1) is 14.2. The SMILES string of the molecule is Oc1ccc(C(c2ccc(O)cc2)c2cc3ccccc3c3ccccc23)cc1. The van der Waals surface area contributed by atoms with Gasteiger partial charge in [-0.1, -0.05) is 72.8 Å². The molecule has 2 heteroatoms. The van der Waals surface area contributed by atoms with Crippen molar-refractivity contribution < 1.29 is 10.2 Å². The highest BCUT2D eigenvalue weighted by molar-refractivity contribution is 6.09. The van der Waals surface area contributed by atoms with Gasteiger partial charge in [0.25, 0.3) is 0 Å². The molecule has 140 valence electrons. The maximum Gasteiger partial charge on any atom is 0.115 e. The van der Waals surface area contributed by atoms with Crippen LogP contribution in [0.4, 0.5) is 0 Å². The molecule has 2 N–H and O–H groups in total. The average molecular weight is 376 g/mol. The highest BCUT2D eigenvalue weighted by Gasteiger charge is 2.20. The first kappa shape index (κ1) is 17.3. The Morgan fingerprint density at radius 3 is 1.55 bits per heavy atom. The van der Waals surface area contributed by atoms with Crippen molar-refractivity contribution in [2.24, 2.45) is 0 Å². The predicted molar refractivity (Wildman–Crippen MR) is 119 cm³/mol. The first-order valence-corrected chi connectivity index (χ1v) is 9.69. The van der Waals surface area contributed by atoms with Gasteiger partial charge >= 0.3 is 0 Å². The van der Waals surface area contributed by atoms with Gasteiger partial charge in [-0.05, 0) is 68.6 Å². The van der Waals surface area contributed by atoms with Gasteiger partial charge < -0.3 is 10.2 Å². The Bertz CT molecular complexity index is 1260. The Labute approximate surface area is 169 Å². The van der Waals surface area contributed by atoms with Gasteiger partial charge in [0.1, 0.15) is 11.5 Å². The lowest BCUT2D eigenvalue weighted by Gasteiger charge is -2.22. The summed E-state index contributed by atoms with van der Waals surface area (Å²) in [5.74, 6) is 0.480. The summed E-state index contributed by atoms with van der Waals surface area (Å²) >= 11 is 0. The van der Waals surface area contributed by atoms with E-state index in [4.69, 9.17) is 0 Å². The molecule has 0 fully saturated rings. The van der Waals surface area contributed by atoms with E-state index < -0.39 is 0 Å². The molecular weight excluding hydrogens is 356 g/mol. The topological polar surface area (TPSA) is 40.5 Å². The monoisotopic (exact) mass is 376 g/mol. The Morgan fingerprint density at radius 2 is 0.966 bits per heavy atom. The molecular formula is C27H20O2. The van der Waals surface area contributed by atoms with Gasteiger partial charge in [0.05, 0.1) is 0 Å². The highest BCUT2D eigenvalue weighted by atomic mass is 16.3. The summed E-state index contributed by atoms with van der Waals surface area (Å²) in [5.41, 5.74) is 3.39. The van der Waals surface area contributed by atoms with E-state index in [1.807, 2.05) is 24.3 Å². The van der Waals surface area contributed by atoms with Gasteiger partial charge in [-0.2, -0.15) is 0 Å². The van der Waals surface area contributed by atoms with Gasteiger partial charge in [0, 0.05) is 5.92 Å². The van der Waals surface area contributed by atoms with Crippen LogP contribution in [0, 0.1) is 0 Å². The van der Waals surface area contributed by atoms with E-state index >= 15 is 0 Å². The zero-order valence-corrected chi connectivity index (χ0v) is 15.8. The largest absolute Gasteiger partial charge is 0.508 e. The number of hydrogen-bond acceptors (Lipinski definition) is 2. The minimum atomic E-state index is -0.0225. The van der Waals surface area contributed by atoms with Crippen molar-refractivity contribution >= 4 is 21.5 Å². The molecule has 0 heterocycles. The van der Waals surface area contributed by atoms with Gasteiger partial charge in [-0.3, -0.25) is 0 Å². The minimum Gasteiger partial charge on any atom is -0.508 e. The van der Waals surface area contributed by atoms with Crippen LogP contribution in [-0.2, 0) is 0 Å². The van der Waals surface area contributed by atoms with Crippen LogP contribution in [0.3, 0.4) is 0 Å². The van der Waals surface area contributed by atoms with E-state index in [0.717, 1.165) is 11.1 Å². The third-order valence-corrected chi connectivity index (χ3v) is 5.56. The van der Waals surface area contributed by atoms with Crippen molar-refractivity contribution in [3.8, 4) is 11.5 Å². The Balaban J connectivity index is 1.85. The second-order valence-corrected chi connectivity index (χ2v) is 7.35. The van der Waals surface area contributed by atoms with Crippen LogP contribution in [-0.4, -0.2) is 10.2 Å². The lowest BCUT2D eigenvalue weighted by atomic mass is 9.81. The molecule has 0 aliphatic heterocycles. The molecule has 0 unspecified atom stereocenters. The van der Waals surface area contributed by atoms with E-state index in [9.17, 15) is 10.2 Å². The molecule has 5 aromatic carbocycles. The van der Waals surface area contributed by atoms with E-state index in [1.165, 1.54) is 27.1 Å². The lowest BCUT2D eigenvalue weighted by molar-refractivity contribution is 0.475. The summed E-state index contributed by atoms with van der Waals surface area (Å²) in [5, 5.41) is 24.5. The number of phenols is 2. The van der Waals surface area contributed by atoms with Gasteiger partial charge in [-0.25, -0.2) is 0 Å². The Hall–Kier alpha value is -3.78. The summed E-state index contributed by atoms with van der Waals surface area (Å²) in [4.78, 5) is 0. The predicted octanol–water partition coefficient (Wildman–Crippen LogP) is 6.58. The smallest absolute Gasteiger partial charge is 0.115 e. The summed E-state index contributed by atoms with van der Waals surface area (Å²) in [6.45, 7) is 0. The van der Waals surface area contributed by atoms with Gasteiger partial charge in [-0.15, -0.1) is 0 Å². The van der Waals surface area contributed by atoms with E-state index in [-0.39, 0.29) is 17.4 Å². The lowest BCUT2D eigenvalue weighted by Crippen LogP contribution is -2.04. The zero-order chi connectivity index (χ0) is 19.8. The van der Waals surface area contributed by atoms with Crippen molar-refractivity contribution in [2.75, 3.05) is 0 Å². The standard InChI is InChI=1S/C27H20O2/c28-21-13-9-18(10-14-21)27(19-11-15-22(29)16-12-19)26-17-20-5-1-2-6-23(20)24-7-3-4-8-25(24)26/h1-17,27-29H. The molecule has 0 radical (unpaired) electrons. The number of aromatic hydroxyl groups is 2. The minimum absolute atomic E-state index is 0.0225. The van der Waals surface area contributed by atoms with E-state index in [0.29, 0.717) is 0 Å². The van der Waals surface area contributed by atoms with E-state index in [2.05, 4.69) is 54.6 Å². The molecule has 0 bridgehead atoms. The summed E-state index contributed by atoms with van der Waals surface area (Å²) in [6, 6.07) is 34.0. The van der Waals surface area contributed by atoms with Crippen molar-refractivity contribution in [3.63, 3.8) is 0 Å². The molecule has 0 saturated carbocycles. The van der Waals surface area contributed by atoms with Crippen LogP contribution in [0.1, 0.15) is 22.6 Å². The molecule has 2 nitrogen and oxygen atoms in total. The fourth-order valence-corrected chi connectivity index (χ4v) is 4.21. The van der Waals surface area contributed by atoms with Crippen LogP contribution in [0.25, 0.3) is 21.5 Å². The molecule has 29 heavy (non-hydrogen) atoms. The molecule has 5 rings (SSSR count). The van der Waals surface area contributed by atoms with Crippen LogP contribution >= 0.6 is 0 Å². The number of phenolic OH excluding ortho intramolecular Hbond substituents is 2. The fourth-order valence-electron chi connectivity index (χ4n) is 4.21. The Kier molecular flexibility index (Phi) is 4.18. The van der Waals surface area contributed by atoms with Crippen molar-refractivity contribution in [1.82, 2.24) is 0 Å². The second kappa shape index (κ2) is 6.99. The molecule has 0 aliphatic rings. The third-order valence-electron chi connectivity index (χ3n) is 5.56. The summed E-state index contributed by atoms with van der Waals surface area (Å²) in [7, 11) is 0. The maximum absolute atomic E-state index is 9.80. The second-order valence-electron chi connectivity index (χ2n) is 7.35. The number of rotatable bonds is 3. The van der Waals surface area contributed by atoms with Crippen LogP contribution in [0.15, 0.2) is 103 Å². The Morgan fingerprint density at radius 1 is 0.483 bits per heavy atom. The molecule has 0 atom stereocenters. The quantitative estimate of drug-likeness (QED) is 0.276. The van der Waals surface area contributed by atoms with Crippen molar-refractivity contribution in [1.29, 1.82) is 0 Å². The van der Waals surface area contributed by atoms with Crippen LogP contribution in [0.5, 0.6) is 11.5 Å². The normalized spacial score (nSPS) is 11.3. The molecule has 0 aromatic heterocycles. The molecule has 0 saturated heterocycles. The van der Waals surface area contributed by atoms with Gasteiger partial charge in [0.15, 0.2) is 0 Å². The summed E-state index contributed by atoms with van der Waals surface area (Å²) in [6.07, 6.45) is 0. The third kappa shape index (κ3) is 3.09. The van der Waals surface area contributed by atoms with Crippen LogP contribution in [0.2, 0.25) is 0 Å². The number of benzene rings is 5. The number of hydrogen-bond donors (Lipinski definition) is 2. The first-order valence-electron chi connectivity index (χ1n) is 9.69. The van der Waals surface area contributed by atoms with Crippen molar-refractivity contribution in [3.05, 3.63) is 120 Å². The highest BCUT2D eigenvalue weighted by Crippen LogP contribution is 2.40. The molecule has 5 aromatic rings. The summed E-state index contributed by atoms with van der Waals surface area (Å²) < 4.78 is 0. The van der Waals surface area contributed by atoms with Crippen LogP contribution < -0.4 is 0 Å². The number of fused-ring (bicyclic) bond motifs is 3. The zero-order valence-electron chi connectivity index (χ0n) is 15.8. The fraction of sp³-hybridized carbons (Fsp3) is 0.0370. The van der Waals surface area contributed by atoms with E-state index in [1.54, 1.807) is 24.3 Å². The maximum atomic E-state index is 9.80. The van der Waals surface area contributed by atoms with Gasteiger partial charge in [0.2, 0.25) is 0 Å². The molecule has 0 amide bonds. The molecule has 0 spiro atoms. The average Bonchev–Trinajstić information content (AvgIpc) is 2.76.